The van der Waals surface area contributed by atoms with Gasteiger partial charge in [-0.05, 0) is 44.5 Å². The maximum absolute atomic E-state index is 11.4. The zero-order chi connectivity index (χ0) is 15.2. The van der Waals surface area contributed by atoms with Crippen molar-refractivity contribution in [3.05, 3.63) is 23.8 Å². The summed E-state index contributed by atoms with van der Waals surface area (Å²) < 4.78 is 10.9. The molecule has 0 saturated carbocycles. The molecule has 1 aromatic rings. The Kier molecular flexibility index (Phi) is 5.82. The van der Waals surface area contributed by atoms with Crippen LogP contribution in [-0.4, -0.2) is 36.9 Å². The van der Waals surface area contributed by atoms with Crippen LogP contribution in [0.4, 0.5) is 0 Å². The lowest BCUT2D eigenvalue weighted by atomic mass is 10.0. The first-order valence-electron chi connectivity index (χ1n) is 6.69. The minimum atomic E-state index is -1.12. The molecular formula is C15H23NO4. The second kappa shape index (κ2) is 7.14. The maximum atomic E-state index is 11.4. The van der Waals surface area contributed by atoms with Gasteiger partial charge in [-0.3, -0.25) is 10.1 Å². The molecule has 0 saturated heterocycles. The topological polar surface area (TPSA) is 67.8 Å². The number of hydrogen-bond donors (Lipinski definition) is 2. The smallest absolute Gasteiger partial charge is 0.327 e. The van der Waals surface area contributed by atoms with Gasteiger partial charge >= 0.3 is 5.97 Å². The van der Waals surface area contributed by atoms with Gasteiger partial charge in [0, 0.05) is 0 Å². The van der Waals surface area contributed by atoms with Crippen molar-refractivity contribution in [1.29, 1.82) is 0 Å². The number of rotatable bonds is 8. The van der Waals surface area contributed by atoms with Gasteiger partial charge in [0.25, 0.3) is 0 Å². The van der Waals surface area contributed by atoms with Crippen LogP contribution in [0.25, 0.3) is 0 Å². The molecule has 0 aromatic heterocycles. The van der Waals surface area contributed by atoms with E-state index in [-0.39, 0.29) is 6.61 Å². The van der Waals surface area contributed by atoms with Crippen LogP contribution in [0.3, 0.4) is 0 Å². The van der Waals surface area contributed by atoms with Crippen LogP contribution < -0.4 is 14.8 Å². The van der Waals surface area contributed by atoms with Gasteiger partial charge in [-0.2, -0.15) is 0 Å². The van der Waals surface area contributed by atoms with Crippen molar-refractivity contribution in [3.8, 4) is 11.5 Å². The SMILES string of the molecule is CCCNC(C)(COc1ccc(C)cc1OC)C(=O)O. The molecule has 5 heteroatoms. The number of methoxy groups -OCH3 is 1. The largest absolute Gasteiger partial charge is 0.493 e. The summed E-state index contributed by atoms with van der Waals surface area (Å²) in [6.45, 7) is 6.21. The molecule has 2 N–H and O–H groups in total. The molecule has 1 atom stereocenters. The molecule has 5 nitrogen and oxygen atoms in total. The highest BCUT2D eigenvalue weighted by Crippen LogP contribution is 2.28. The van der Waals surface area contributed by atoms with Gasteiger partial charge in [0.15, 0.2) is 11.5 Å². The van der Waals surface area contributed by atoms with E-state index in [1.54, 1.807) is 20.1 Å². The molecule has 20 heavy (non-hydrogen) atoms. The number of carboxylic acids is 1. The molecule has 0 aliphatic heterocycles. The highest BCUT2D eigenvalue weighted by molar-refractivity contribution is 5.78. The molecule has 0 spiro atoms. The van der Waals surface area contributed by atoms with Gasteiger partial charge in [0.05, 0.1) is 7.11 Å². The first-order chi connectivity index (χ1) is 9.42. The number of aryl methyl sites for hydroxylation is 1. The van der Waals surface area contributed by atoms with E-state index in [0.717, 1.165) is 12.0 Å². The number of carboxylic acid groups (broad SMARTS) is 1. The van der Waals surface area contributed by atoms with Gasteiger partial charge < -0.3 is 14.6 Å². The number of ether oxygens (including phenoxy) is 2. The van der Waals surface area contributed by atoms with E-state index in [2.05, 4.69) is 5.32 Å². The lowest BCUT2D eigenvalue weighted by molar-refractivity contribution is -0.145. The third-order valence-electron chi connectivity index (χ3n) is 3.07. The Bertz CT molecular complexity index is 461. The number of nitrogens with one attached hydrogen (secondary N) is 1. The van der Waals surface area contributed by atoms with Crippen molar-refractivity contribution in [2.75, 3.05) is 20.3 Å². The Hall–Kier alpha value is -1.75. The summed E-state index contributed by atoms with van der Waals surface area (Å²) >= 11 is 0. The van der Waals surface area contributed by atoms with Gasteiger partial charge in [-0.15, -0.1) is 0 Å². The average Bonchev–Trinajstić information content (AvgIpc) is 2.43. The average molecular weight is 281 g/mol. The fourth-order valence-corrected chi connectivity index (χ4v) is 1.71. The third-order valence-corrected chi connectivity index (χ3v) is 3.07. The van der Waals surface area contributed by atoms with Crippen molar-refractivity contribution < 1.29 is 19.4 Å². The van der Waals surface area contributed by atoms with E-state index >= 15 is 0 Å². The van der Waals surface area contributed by atoms with E-state index < -0.39 is 11.5 Å². The lowest BCUT2D eigenvalue weighted by Crippen LogP contribution is -2.54. The van der Waals surface area contributed by atoms with Gasteiger partial charge in [0.1, 0.15) is 12.1 Å². The molecule has 0 heterocycles. The standard InChI is InChI=1S/C15H23NO4/c1-5-8-16-15(3,14(17)18)10-20-12-7-6-11(2)9-13(12)19-4/h6-7,9,16H,5,8,10H2,1-4H3,(H,17,18). The Morgan fingerprint density at radius 2 is 2.10 bits per heavy atom. The summed E-state index contributed by atoms with van der Waals surface area (Å²) in [4.78, 5) is 11.4. The third kappa shape index (κ3) is 4.13. The predicted molar refractivity (Wildman–Crippen MR) is 77.6 cm³/mol. The van der Waals surface area contributed by atoms with E-state index in [4.69, 9.17) is 9.47 Å². The fourth-order valence-electron chi connectivity index (χ4n) is 1.71. The molecule has 1 rings (SSSR count). The minimum Gasteiger partial charge on any atom is -0.493 e. The summed E-state index contributed by atoms with van der Waals surface area (Å²) in [6, 6.07) is 5.54. The van der Waals surface area contributed by atoms with Gasteiger partial charge in [0.2, 0.25) is 0 Å². The summed E-state index contributed by atoms with van der Waals surface area (Å²) in [5.41, 5.74) is -0.0642. The highest BCUT2D eigenvalue weighted by atomic mass is 16.5. The molecule has 0 radical (unpaired) electrons. The highest BCUT2D eigenvalue weighted by Gasteiger charge is 2.33. The molecule has 1 aromatic carbocycles. The van der Waals surface area contributed by atoms with E-state index in [1.165, 1.54) is 0 Å². The van der Waals surface area contributed by atoms with Crippen LogP contribution in [0.5, 0.6) is 11.5 Å². The summed E-state index contributed by atoms with van der Waals surface area (Å²) in [6.07, 6.45) is 0.858. The number of aliphatic carboxylic acids is 1. The summed E-state index contributed by atoms with van der Waals surface area (Å²) in [5, 5.41) is 12.3. The second-order valence-electron chi connectivity index (χ2n) is 5.01. The van der Waals surface area contributed by atoms with Gasteiger partial charge in [-0.25, -0.2) is 0 Å². The van der Waals surface area contributed by atoms with Crippen molar-refractivity contribution in [2.45, 2.75) is 32.7 Å². The Balaban J connectivity index is 2.80. The molecule has 0 fully saturated rings. The number of benzene rings is 1. The molecular weight excluding hydrogens is 258 g/mol. The summed E-state index contributed by atoms with van der Waals surface area (Å²) in [5.74, 6) is 0.217. The van der Waals surface area contributed by atoms with Crippen molar-refractivity contribution in [1.82, 2.24) is 5.32 Å². The van der Waals surface area contributed by atoms with Crippen LogP contribution in [0, 0.1) is 6.92 Å². The molecule has 0 aliphatic rings. The first kappa shape index (κ1) is 16.3. The Morgan fingerprint density at radius 1 is 1.40 bits per heavy atom. The van der Waals surface area contributed by atoms with Crippen molar-refractivity contribution in [3.63, 3.8) is 0 Å². The predicted octanol–water partition coefficient (Wildman–Crippen LogP) is 2.23. The van der Waals surface area contributed by atoms with Gasteiger partial charge in [-0.1, -0.05) is 13.0 Å². The summed E-state index contributed by atoms with van der Waals surface area (Å²) in [7, 11) is 1.56. The van der Waals surface area contributed by atoms with Crippen LogP contribution in [0.15, 0.2) is 18.2 Å². The zero-order valence-electron chi connectivity index (χ0n) is 12.5. The Labute approximate surface area is 119 Å². The monoisotopic (exact) mass is 281 g/mol. The minimum absolute atomic E-state index is 0.0295. The van der Waals surface area contributed by atoms with Crippen LogP contribution in [-0.2, 0) is 4.79 Å². The van der Waals surface area contributed by atoms with Crippen LogP contribution in [0.2, 0.25) is 0 Å². The second-order valence-corrected chi connectivity index (χ2v) is 5.01. The molecule has 0 amide bonds. The fraction of sp³-hybridized carbons (Fsp3) is 0.533. The molecule has 0 aliphatic carbocycles. The quantitative estimate of drug-likeness (QED) is 0.765. The van der Waals surface area contributed by atoms with Crippen LogP contribution >= 0.6 is 0 Å². The number of hydrogen-bond acceptors (Lipinski definition) is 4. The first-order valence-corrected chi connectivity index (χ1v) is 6.69. The maximum Gasteiger partial charge on any atom is 0.327 e. The van der Waals surface area contributed by atoms with E-state index in [0.29, 0.717) is 18.0 Å². The van der Waals surface area contributed by atoms with E-state index in [1.807, 2.05) is 26.0 Å². The molecule has 0 bridgehead atoms. The van der Waals surface area contributed by atoms with Crippen LogP contribution in [0.1, 0.15) is 25.8 Å². The lowest BCUT2D eigenvalue weighted by Gasteiger charge is -2.26. The molecule has 1 unspecified atom stereocenters. The Morgan fingerprint density at radius 3 is 2.65 bits per heavy atom. The normalized spacial score (nSPS) is 13.6. The number of carbonyl (C=O) groups is 1. The van der Waals surface area contributed by atoms with Crippen molar-refractivity contribution >= 4 is 5.97 Å². The van der Waals surface area contributed by atoms with E-state index in [9.17, 15) is 9.90 Å². The van der Waals surface area contributed by atoms with Crippen molar-refractivity contribution in [2.24, 2.45) is 0 Å². The molecule has 112 valence electrons. The zero-order valence-corrected chi connectivity index (χ0v) is 12.5.